The van der Waals surface area contributed by atoms with Crippen molar-refractivity contribution in [1.29, 1.82) is 0 Å². The molecule has 0 saturated carbocycles. The lowest BCUT2D eigenvalue weighted by molar-refractivity contribution is 0.0953. The summed E-state index contributed by atoms with van der Waals surface area (Å²) in [6.45, 7) is 4.39. The summed E-state index contributed by atoms with van der Waals surface area (Å²) >= 11 is 0. The highest BCUT2D eigenvalue weighted by Crippen LogP contribution is 2.18. The van der Waals surface area contributed by atoms with Crippen LogP contribution in [0.4, 0.5) is 0 Å². The molecule has 3 aromatic rings. The fraction of sp³-hybridized carbons (Fsp3) is 0.238. The van der Waals surface area contributed by atoms with Gasteiger partial charge in [0.05, 0.1) is 12.6 Å². The van der Waals surface area contributed by atoms with E-state index in [1.165, 1.54) is 0 Å². The van der Waals surface area contributed by atoms with Crippen LogP contribution in [-0.2, 0) is 6.42 Å². The molecule has 0 saturated heterocycles. The number of pyridine rings is 1. The van der Waals surface area contributed by atoms with Crippen molar-refractivity contribution in [2.45, 2.75) is 20.3 Å². The molecule has 0 radical (unpaired) electrons. The Morgan fingerprint density at radius 1 is 1.12 bits per heavy atom. The van der Waals surface area contributed by atoms with Gasteiger partial charge in [-0.1, -0.05) is 23.8 Å². The fourth-order valence-corrected chi connectivity index (χ4v) is 3.06. The number of nitrogens with one attached hydrogen (secondary N) is 2. The summed E-state index contributed by atoms with van der Waals surface area (Å²) in [5, 5.41) is 3.68. The molecule has 0 atom stereocenters. The number of carbonyl (C=O) groups is 1. The van der Waals surface area contributed by atoms with Gasteiger partial charge in [-0.25, -0.2) is 0 Å². The molecule has 5 nitrogen and oxygen atoms in total. The molecule has 0 unspecified atom stereocenters. The van der Waals surface area contributed by atoms with Crippen LogP contribution in [0.2, 0.25) is 0 Å². The maximum atomic E-state index is 12.4. The lowest BCUT2D eigenvalue weighted by atomic mass is 10.1. The highest BCUT2D eigenvalue weighted by Gasteiger charge is 2.12. The number of methoxy groups -OCH3 is 1. The molecule has 2 aromatic carbocycles. The number of carbonyl (C=O) groups excluding carboxylic acids is 1. The maximum absolute atomic E-state index is 12.4. The second kappa shape index (κ2) is 7.44. The molecule has 2 N–H and O–H groups in total. The second-order valence-electron chi connectivity index (χ2n) is 6.41. The highest BCUT2D eigenvalue weighted by molar-refractivity contribution is 5.97. The van der Waals surface area contributed by atoms with Crippen LogP contribution in [0, 0.1) is 13.8 Å². The summed E-state index contributed by atoms with van der Waals surface area (Å²) in [6.07, 6.45) is 0.680. The molecule has 0 aliphatic carbocycles. The zero-order valence-corrected chi connectivity index (χ0v) is 15.2. The monoisotopic (exact) mass is 350 g/mol. The van der Waals surface area contributed by atoms with E-state index in [2.05, 4.69) is 10.3 Å². The molecular weight excluding hydrogens is 328 g/mol. The SMILES string of the molecule is COc1ccc(CCNC(=O)c2cc3cc(C)cc(C)c3[nH]c2=O)cc1. The number of benzene rings is 2. The number of amides is 1. The van der Waals surface area contributed by atoms with E-state index in [0.29, 0.717) is 13.0 Å². The molecule has 0 bridgehead atoms. The first kappa shape index (κ1) is 17.7. The van der Waals surface area contributed by atoms with Gasteiger partial charge in [0.2, 0.25) is 0 Å². The van der Waals surface area contributed by atoms with Gasteiger partial charge in [0.1, 0.15) is 11.3 Å². The molecule has 0 aliphatic rings. The Labute approximate surface area is 152 Å². The average Bonchev–Trinajstić information content (AvgIpc) is 2.62. The maximum Gasteiger partial charge on any atom is 0.261 e. The number of H-pyrrole nitrogens is 1. The highest BCUT2D eigenvalue weighted by atomic mass is 16.5. The summed E-state index contributed by atoms with van der Waals surface area (Å²) in [6, 6.07) is 13.3. The number of hydrogen-bond acceptors (Lipinski definition) is 3. The van der Waals surface area contributed by atoms with E-state index in [9.17, 15) is 9.59 Å². The minimum atomic E-state index is -0.369. The van der Waals surface area contributed by atoms with Gasteiger partial charge in [-0.3, -0.25) is 9.59 Å². The normalized spacial score (nSPS) is 10.7. The fourth-order valence-electron chi connectivity index (χ4n) is 3.06. The third-order valence-corrected chi connectivity index (χ3v) is 4.40. The lowest BCUT2D eigenvalue weighted by Gasteiger charge is -2.08. The Morgan fingerprint density at radius 3 is 2.54 bits per heavy atom. The van der Waals surface area contributed by atoms with Crippen molar-refractivity contribution < 1.29 is 9.53 Å². The van der Waals surface area contributed by atoms with Crippen molar-refractivity contribution >= 4 is 16.8 Å². The van der Waals surface area contributed by atoms with E-state index < -0.39 is 0 Å². The van der Waals surface area contributed by atoms with E-state index >= 15 is 0 Å². The van der Waals surface area contributed by atoms with Crippen molar-refractivity contribution in [2.75, 3.05) is 13.7 Å². The van der Waals surface area contributed by atoms with Crippen LogP contribution in [0.3, 0.4) is 0 Å². The van der Waals surface area contributed by atoms with Gasteiger partial charge in [-0.15, -0.1) is 0 Å². The van der Waals surface area contributed by atoms with E-state index in [4.69, 9.17) is 4.74 Å². The molecule has 0 fully saturated rings. The minimum Gasteiger partial charge on any atom is -0.497 e. The van der Waals surface area contributed by atoms with Crippen molar-refractivity contribution in [3.05, 3.63) is 75.1 Å². The first-order valence-electron chi connectivity index (χ1n) is 8.53. The van der Waals surface area contributed by atoms with Crippen molar-refractivity contribution in [3.63, 3.8) is 0 Å². The van der Waals surface area contributed by atoms with Crippen LogP contribution in [0.15, 0.2) is 47.3 Å². The Hall–Kier alpha value is -3.08. The van der Waals surface area contributed by atoms with Crippen LogP contribution < -0.4 is 15.6 Å². The molecule has 3 rings (SSSR count). The van der Waals surface area contributed by atoms with Gasteiger partial charge in [0.25, 0.3) is 11.5 Å². The zero-order valence-electron chi connectivity index (χ0n) is 15.2. The number of fused-ring (bicyclic) bond motifs is 1. The van der Waals surface area contributed by atoms with E-state index in [1.54, 1.807) is 13.2 Å². The van der Waals surface area contributed by atoms with Gasteiger partial charge in [0, 0.05) is 6.54 Å². The molecule has 1 amide bonds. The second-order valence-corrected chi connectivity index (χ2v) is 6.41. The summed E-state index contributed by atoms with van der Waals surface area (Å²) < 4.78 is 5.13. The number of hydrogen-bond donors (Lipinski definition) is 2. The van der Waals surface area contributed by atoms with Crippen LogP contribution in [0.25, 0.3) is 10.9 Å². The van der Waals surface area contributed by atoms with E-state index in [-0.39, 0.29) is 17.0 Å². The molecule has 0 aliphatic heterocycles. The zero-order chi connectivity index (χ0) is 18.7. The van der Waals surface area contributed by atoms with Gasteiger partial charge in [-0.2, -0.15) is 0 Å². The first-order valence-corrected chi connectivity index (χ1v) is 8.53. The molecule has 1 aromatic heterocycles. The quantitative estimate of drug-likeness (QED) is 0.743. The van der Waals surface area contributed by atoms with Crippen molar-refractivity contribution in [1.82, 2.24) is 10.3 Å². The molecular formula is C21H22N2O3. The number of rotatable bonds is 5. The van der Waals surface area contributed by atoms with Gasteiger partial charge in [-0.05, 0) is 61.0 Å². The number of aryl methyl sites for hydroxylation is 2. The molecule has 26 heavy (non-hydrogen) atoms. The molecule has 1 heterocycles. The summed E-state index contributed by atoms with van der Waals surface area (Å²) in [7, 11) is 1.62. The summed E-state index contributed by atoms with van der Waals surface area (Å²) in [5.74, 6) is 0.437. The van der Waals surface area contributed by atoms with Crippen LogP contribution >= 0.6 is 0 Å². The topological polar surface area (TPSA) is 71.2 Å². The molecule has 134 valence electrons. The number of aromatic nitrogens is 1. The van der Waals surface area contributed by atoms with Crippen molar-refractivity contribution in [2.24, 2.45) is 0 Å². The van der Waals surface area contributed by atoms with Gasteiger partial charge < -0.3 is 15.0 Å². The number of aromatic amines is 1. The molecule has 5 heteroatoms. The van der Waals surface area contributed by atoms with E-state index in [0.717, 1.165) is 33.3 Å². The Kier molecular flexibility index (Phi) is 5.07. The summed E-state index contributed by atoms with van der Waals surface area (Å²) in [5.41, 5.74) is 3.71. The van der Waals surface area contributed by atoms with Crippen molar-refractivity contribution in [3.8, 4) is 5.75 Å². The Balaban J connectivity index is 1.72. The Bertz CT molecular complexity index is 1000. The van der Waals surface area contributed by atoms with Crippen LogP contribution in [-0.4, -0.2) is 24.5 Å². The van der Waals surface area contributed by atoms with Gasteiger partial charge in [0.15, 0.2) is 0 Å². The summed E-state index contributed by atoms with van der Waals surface area (Å²) in [4.78, 5) is 27.5. The Morgan fingerprint density at radius 2 is 1.85 bits per heavy atom. The molecule has 0 spiro atoms. The van der Waals surface area contributed by atoms with Crippen LogP contribution in [0.5, 0.6) is 5.75 Å². The van der Waals surface area contributed by atoms with Gasteiger partial charge >= 0.3 is 0 Å². The third-order valence-electron chi connectivity index (χ3n) is 4.40. The minimum absolute atomic E-state index is 0.136. The number of ether oxygens (including phenoxy) is 1. The smallest absolute Gasteiger partial charge is 0.261 e. The lowest BCUT2D eigenvalue weighted by Crippen LogP contribution is -2.31. The predicted octanol–water partition coefficient (Wildman–Crippen LogP) is 3.13. The van der Waals surface area contributed by atoms with Crippen LogP contribution in [0.1, 0.15) is 27.0 Å². The standard InChI is InChI=1S/C21H22N2O3/c1-13-10-14(2)19-16(11-13)12-18(21(25)23-19)20(24)22-9-8-15-4-6-17(26-3)7-5-15/h4-7,10-12H,8-9H2,1-3H3,(H,22,24)(H,23,25). The largest absolute Gasteiger partial charge is 0.497 e. The third kappa shape index (κ3) is 3.77. The average molecular weight is 350 g/mol. The predicted molar refractivity (Wildman–Crippen MR) is 103 cm³/mol. The van der Waals surface area contributed by atoms with E-state index in [1.807, 2.05) is 50.2 Å². The first-order chi connectivity index (χ1) is 12.5.